The van der Waals surface area contributed by atoms with E-state index in [1.165, 1.54) is 14.0 Å². The smallest absolute Gasteiger partial charge is 0.397 e. The van der Waals surface area contributed by atoms with Crippen LogP contribution < -0.4 is 0 Å². The summed E-state index contributed by atoms with van der Waals surface area (Å²) in [5.74, 6) is -1.10. The molecule has 0 aromatic rings. The van der Waals surface area contributed by atoms with E-state index in [-0.39, 0.29) is 30.0 Å². The number of ketones is 1. The molecule has 8 fully saturated rings. The molecule has 0 unspecified atom stereocenters. The molecule has 81 heavy (non-hydrogen) atoms. The highest BCUT2D eigenvalue weighted by Crippen LogP contribution is 2.76. The molecule has 26 nitrogen and oxygen atoms in total. The Morgan fingerprint density at radius 2 is 1.30 bits per heavy atom. The number of hydrogen-bond donors (Lipinski definition) is 11. The van der Waals surface area contributed by atoms with Crippen molar-refractivity contribution in [2.24, 2.45) is 45.3 Å². The average molecular weight is 1180 g/mol. The zero-order chi connectivity index (χ0) is 59.4. The van der Waals surface area contributed by atoms with Gasteiger partial charge in [-0.05, 0) is 92.8 Å². The summed E-state index contributed by atoms with van der Waals surface area (Å²) in [5, 5.41) is 112. The van der Waals surface area contributed by atoms with Gasteiger partial charge in [0, 0.05) is 19.4 Å². The van der Waals surface area contributed by atoms with Gasteiger partial charge in [-0.25, -0.2) is 4.18 Å². The second-order valence-electron chi connectivity index (χ2n) is 25.7. The van der Waals surface area contributed by atoms with Gasteiger partial charge in [0.15, 0.2) is 36.5 Å². The van der Waals surface area contributed by atoms with Gasteiger partial charge in [0.05, 0.1) is 38.1 Å². The summed E-state index contributed by atoms with van der Waals surface area (Å²) in [4.78, 5) is 28.4. The number of fused-ring (bicyclic) bond motifs is 4. The Labute approximate surface area is 471 Å². The first-order valence-electron chi connectivity index (χ1n) is 28.4. The highest BCUT2D eigenvalue weighted by molar-refractivity contribution is 7.80. The van der Waals surface area contributed by atoms with E-state index in [9.17, 15) is 73.6 Å². The zero-order valence-corrected chi connectivity index (χ0v) is 48.1. The molecule has 5 heterocycles. The topological polar surface area (TPSA) is 392 Å². The molecule has 0 aromatic heterocycles. The number of carbonyl (C=O) groups is 2. The Hall–Kier alpha value is -2.01. The normalized spacial score (nSPS) is 50.7. The molecule has 5 saturated heterocycles. The molecule has 0 radical (unpaired) electrons. The number of carbonyl (C=O) groups excluding carboxylic acids is 2. The Balaban J connectivity index is 0.909. The second kappa shape index (κ2) is 23.3. The molecule has 28 atom stereocenters. The molecule has 0 bridgehead atoms. The van der Waals surface area contributed by atoms with Crippen LogP contribution in [0.15, 0.2) is 11.6 Å². The largest absolute Gasteiger partial charge is 0.450 e. The van der Waals surface area contributed by atoms with Crippen LogP contribution >= 0.6 is 0 Å². The van der Waals surface area contributed by atoms with Gasteiger partial charge in [-0.15, -0.1) is 0 Å². The summed E-state index contributed by atoms with van der Waals surface area (Å²) in [7, 11) is -4.01. The lowest BCUT2D eigenvalue weighted by Crippen LogP contribution is -2.67. The second-order valence-corrected chi connectivity index (χ2v) is 26.8. The number of cyclic esters (lactones) is 1. The van der Waals surface area contributed by atoms with Gasteiger partial charge in [0.25, 0.3) is 0 Å². The summed E-state index contributed by atoms with van der Waals surface area (Å²) in [6, 6.07) is 0. The maximum absolute atomic E-state index is 14.4. The standard InChI is InChI=1S/C54H86O26S/c1-22(2)10-13-31(57)53(8)30-14-17-52(7)24-11-12-29-50(4,5)33(15-16-51(29,6)25(24)18-32(58)54(30,52)49(66)79-53)75-48-44(36(61)28(21-71-48)80-81(67,68)69)78-45-38(63)37(62)41(23(3)72-45)76-47-40(65)43(35(60)27(20-56)74-47)77-46-39(64)42(70-9)34(59)26(19-55)73-46/h18,22-24,26-30,32-48,55-56,58-65H,10-17,19-21H2,1-9H3,(H,67,68,69)/t23-,24-,26-,27-,28-,29+,30-,32+,33+,34-,35-,36+,37-,38-,39-,40-,41-,42+,43+,44-,45+,46+,47+,48+,51-,52+,53-,54+/m1/s1. The minimum atomic E-state index is -5.19. The first kappa shape index (κ1) is 63.5. The van der Waals surface area contributed by atoms with E-state index in [1.807, 2.05) is 33.8 Å². The van der Waals surface area contributed by atoms with Crippen LogP contribution in [0.3, 0.4) is 0 Å². The number of rotatable bonds is 17. The van der Waals surface area contributed by atoms with Crippen molar-refractivity contribution in [2.75, 3.05) is 26.9 Å². The Kier molecular flexibility index (Phi) is 18.2. The van der Waals surface area contributed by atoms with Crippen molar-refractivity contribution in [1.29, 1.82) is 0 Å². The third-order valence-electron chi connectivity index (χ3n) is 20.6. The minimum absolute atomic E-state index is 0.0982. The van der Waals surface area contributed by atoms with Crippen LogP contribution in [0, 0.1) is 45.3 Å². The lowest BCUT2D eigenvalue weighted by molar-refractivity contribution is -0.389. The lowest BCUT2D eigenvalue weighted by Gasteiger charge is -2.64. The summed E-state index contributed by atoms with van der Waals surface area (Å²) in [6.45, 7) is 13.3. The number of esters is 1. The van der Waals surface area contributed by atoms with Crippen molar-refractivity contribution in [3.8, 4) is 0 Å². The molecular weight excluding hydrogens is 1100 g/mol. The highest BCUT2D eigenvalue weighted by Gasteiger charge is 2.80. The number of Topliss-reactive ketones (excluding diaryl/α,β-unsaturated/α-hetero) is 1. The number of allylic oxidation sites excluding steroid dienone is 1. The Morgan fingerprint density at radius 3 is 1.90 bits per heavy atom. The first-order valence-corrected chi connectivity index (χ1v) is 29.8. The van der Waals surface area contributed by atoms with Gasteiger partial charge in [-0.3, -0.25) is 14.1 Å². The molecule has 1 spiro atoms. The van der Waals surface area contributed by atoms with Crippen LogP contribution in [-0.2, 0) is 71.5 Å². The monoisotopic (exact) mass is 1180 g/mol. The number of hydrogen-bond acceptors (Lipinski definition) is 25. The van der Waals surface area contributed by atoms with Crippen LogP contribution in [0.2, 0.25) is 0 Å². The fraction of sp³-hybridized carbons (Fsp3) is 0.926. The first-order chi connectivity index (χ1) is 37.9. The summed E-state index contributed by atoms with van der Waals surface area (Å²) in [5.41, 5.74) is -3.55. The summed E-state index contributed by atoms with van der Waals surface area (Å²) >= 11 is 0. The van der Waals surface area contributed by atoms with E-state index in [4.69, 9.17) is 51.6 Å². The molecule has 4 aliphatic carbocycles. The third-order valence-corrected chi connectivity index (χ3v) is 21.0. The van der Waals surface area contributed by atoms with E-state index in [1.54, 1.807) is 6.92 Å². The van der Waals surface area contributed by atoms with E-state index >= 15 is 0 Å². The lowest BCUT2D eigenvalue weighted by atomic mass is 9.40. The van der Waals surface area contributed by atoms with Crippen molar-refractivity contribution in [2.45, 2.75) is 241 Å². The zero-order valence-electron chi connectivity index (χ0n) is 47.2. The Morgan fingerprint density at radius 1 is 0.704 bits per heavy atom. The van der Waals surface area contributed by atoms with Crippen molar-refractivity contribution in [3.63, 3.8) is 0 Å². The van der Waals surface area contributed by atoms with Gasteiger partial charge < -0.3 is 98.4 Å². The summed E-state index contributed by atoms with van der Waals surface area (Å²) in [6.07, 6.45) is -27.9. The predicted octanol–water partition coefficient (Wildman–Crippen LogP) is -1.33. The SMILES string of the molecule is CO[C@@H]1[C@@H](O)[C@H](O[C@@H]2[C@@H](O)[C@H](O[C@H]3[C@H](O)[C@@H](O)[C@H](O[C@H]4[C@H](O[C@H]5CC[C@]6(C)C7=C[C@H](O)[C@]89C(=O)O[C@@](C)(C(=O)CCC(C)C)[C@H]8CC[C@@]9(C)[C@@H]7CC[C@H]6C5(C)C)OC[C@@H](OS(=O)(=O)O)[C@@H]4O)O[C@@H]3C)O[C@H](CO)[C@H]2O)O[C@H](CO)[C@H]1O. The van der Waals surface area contributed by atoms with E-state index in [0.717, 1.165) is 5.57 Å². The van der Waals surface area contributed by atoms with Gasteiger partial charge in [-0.2, -0.15) is 8.42 Å². The molecule has 0 amide bonds. The van der Waals surface area contributed by atoms with Gasteiger partial charge in [0.2, 0.25) is 0 Å². The fourth-order valence-electron chi connectivity index (χ4n) is 16.2. The number of ether oxygens (including phenoxy) is 10. The molecule has 11 N–H and O–H groups in total. The van der Waals surface area contributed by atoms with Gasteiger partial charge >= 0.3 is 16.4 Å². The van der Waals surface area contributed by atoms with Crippen LogP contribution in [0.5, 0.6) is 0 Å². The molecule has 9 aliphatic rings. The van der Waals surface area contributed by atoms with Crippen LogP contribution in [-0.4, -0.2) is 237 Å². The number of aliphatic hydroxyl groups is 10. The van der Waals surface area contributed by atoms with Crippen molar-refractivity contribution in [1.82, 2.24) is 0 Å². The molecule has 464 valence electrons. The van der Waals surface area contributed by atoms with E-state index < -0.39 is 198 Å². The van der Waals surface area contributed by atoms with E-state index in [2.05, 4.69) is 13.8 Å². The molecule has 9 rings (SSSR count). The van der Waals surface area contributed by atoms with E-state index in [0.29, 0.717) is 44.9 Å². The summed E-state index contributed by atoms with van der Waals surface area (Å²) < 4.78 is 97.8. The quantitative estimate of drug-likeness (QED) is 0.0348. The molecular formula is C54H86O26S. The number of methoxy groups -OCH3 is 1. The fourth-order valence-corrected chi connectivity index (χ4v) is 16.7. The number of aliphatic hydroxyl groups excluding tert-OH is 10. The maximum atomic E-state index is 14.4. The van der Waals surface area contributed by atoms with Crippen molar-refractivity contribution in [3.05, 3.63) is 11.6 Å². The van der Waals surface area contributed by atoms with Crippen LogP contribution in [0.4, 0.5) is 0 Å². The molecule has 3 saturated carbocycles. The van der Waals surface area contributed by atoms with Crippen molar-refractivity contribution < 1.29 is 125 Å². The molecule has 5 aliphatic heterocycles. The van der Waals surface area contributed by atoms with Crippen molar-refractivity contribution >= 4 is 22.2 Å². The van der Waals surface area contributed by atoms with Crippen LogP contribution in [0.1, 0.15) is 107 Å². The molecule has 0 aromatic carbocycles. The maximum Gasteiger partial charge on any atom is 0.397 e. The highest BCUT2D eigenvalue weighted by atomic mass is 32.3. The average Bonchev–Trinajstić information content (AvgIpc) is 1.62. The Bertz CT molecular complexity index is 2410. The van der Waals surface area contributed by atoms with Gasteiger partial charge in [-0.1, -0.05) is 53.2 Å². The minimum Gasteiger partial charge on any atom is -0.450 e. The van der Waals surface area contributed by atoms with Gasteiger partial charge in [0.1, 0.15) is 90.9 Å². The molecule has 27 heteroatoms. The predicted molar refractivity (Wildman–Crippen MR) is 273 cm³/mol. The van der Waals surface area contributed by atoms with Crippen LogP contribution in [0.25, 0.3) is 0 Å². The third kappa shape index (κ3) is 10.6.